The Labute approximate surface area is 194 Å². The van der Waals surface area contributed by atoms with Gasteiger partial charge in [-0.15, -0.1) is 0 Å². The molecule has 1 saturated heterocycles. The van der Waals surface area contributed by atoms with Crippen molar-refractivity contribution in [1.29, 1.82) is 0 Å². The summed E-state index contributed by atoms with van der Waals surface area (Å²) >= 11 is 0. The fourth-order valence-corrected chi connectivity index (χ4v) is 5.03. The molecule has 2 aromatic rings. The normalized spacial score (nSPS) is 21.3. The lowest BCUT2D eigenvalue weighted by molar-refractivity contribution is -0.134. The molecule has 0 saturated carbocycles. The molecule has 0 bridgehead atoms. The first-order valence-electron chi connectivity index (χ1n) is 11.6. The van der Waals surface area contributed by atoms with E-state index in [9.17, 15) is 9.59 Å². The van der Waals surface area contributed by atoms with E-state index in [4.69, 9.17) is 9.47 Å². The lowest BCUT2D eigenvalue weighted by atomic mass is 9.77. The standard InChI is InChI=1S/C26H31N3O4/c1-25(2)19-9-6-5-8-18(19)23(30)29(24(25)31)17-14-27-12-15-28(16-13-27)20-10-7-11-21-22(20)33-26(3,4)32-21/h5-11H,12-17H2,1-4H3. The van der Waals surface area contributed by atoms with Gasteiger partial charge in [0, 0.05) is 58.7 Å². The molecule has 7 nitrogen and oxygen atoms in total. The maximum Gasteiger partial charge on any atom is 0.260 e. The quantitative estimate of drug-likeness (QED) is 0.668. The van der Waals surface area contributed by atoms with Crippen LogP contribution in [0.4, 0.5) is 5.69 Å². The number of rotatable bonds is 4. The van der Waals surface area contributed by atoms with Crippen molar-refractivity contribution in [2.75, 3.05) is 44.2 Å². The summed E-state index contributed by atoms with van der Waals surface area (Å²) in [5.74, 6) is 0.629. The number of anilines is 1. The Bertz CT molecular complexity index is 1100. The van der Waals surface area contributed by atoms with E-state index in [1.165, 1.54) is 4.90 Å². The molecule has 174 valence electrons. The zero-order valence-electron chi connectivity index (χ0n) is 19.8. The van der Waals surface area contributed by atoms with Crippen LogP contribution in [0, 0.1) is 0 Å². The number of carbonyl (C=O) groups is 2. The fourth-order valence-electron chi connectivity index (χ4n) is 5.03. The summed E-state index contributed by atoms with van der Waals surface area (Å²) in [6.45, 7) is 12.1. The zero-order chi connectivity index (χ0) is 23.4. The molecule has 0 radical (unpaired) electrons. The SMILES string of the molecule is CC1(C)Oc2cccc(N3CCN(CCN4C(=O)c5ccccc5C(C)(C)C4=O)CC3)c2O1. The summed E-state index contributed by atoms with van der Waals surface area (Å²) in [4.78, 5) is 32.2. The molecule has 0 spiro atoms. The average Bonchev–Trinajstić information content (AvgIpc) is 3.12. The molecular weight excluding hydrogens is 418 g/mol. The number of carbonyl (C=O) groups excluding carboxylic acids is 2. The van der Waals surface area contributed by atoms with Crippen LogP contribution >= 0.6 is 0 Å². The van der Waals surface area contributed by atoms with Crippen LogP contribution in [0.1, 0.15) is 43.6 Å². The number of ether oxygens (including phenoxy) is 2. The van der Waals surface area contributed by atoms with Gasteiger partial charge in [-0.05, 0) is 37.6 Å². The van der Waals surface area contributed by atoms with E-state index < -0.39 is 11.2 Å². The van der Waals surface area contributed by atoms with E-state index in [0.717, 1.165) is 48.9 Å². The number of hydrogen-bond donors (Lipinski definition) is 0. The predicted molar refractivity (Wildman–Crippen MR) is 126 cm³/mol. The van der Waals surface area contributed by atoms with Crippen molar-refractivity contribution < 1.29 is 19.1 Å². The summed E-state index contributed by atoms with van der Waals surface area (Å²) in [5, 5.41) is 0. The van der Waals surface area contributed by atoms with E-state index in [0.29, 0.717) is 18.7 Å². The molecule has 5 rings (SSSR count). The van der Waals surface area contributed by atoms with Gasteiger partial charge < -0.3 is 14.4 Å². The Balaban J connectivity index is 1.23. The molecule has 7 heteroatoms. The third-order valence-corrected chi connectivity index (χ3v) is 6.87. The number of hydrogen-bond acceptors (Lipinski definition) is 6. The van der Waals surface area contributed by atoms with Crippen LogP contribution in [0.5, 0.6) is 11.5 Å². The topological polar surface area (TPSA) is 62.3 Å². The molecule has 0 unspecified atom stereocenters. The largest absolute Gasteiger partial charge is 0.449 e. The Morgan fingerprint density at radius 3 is 2.33 bits per heavy atom. The summed E-state index contributed by atoms with van der Waals surface area (Å²) < 4.78 is 11.9. The van der Waals surface area contributed by atoms with Gasteiger partial charge in [-0.1, -0.05) is 24.3 Å². The lowest BCUT2D eigenvalue weighted by Gasteiger charge is -2.40. The molecule has 3 heterocycles. The van der Waals surface area contributed by atoms with Crippen molar-refractivity contribution in [3.8, 4) is 11.5 Å². The van der Waals surface area contributed by atoms with Crippen molar-refractivity contribution in [2.24, 2.45) is 0 Å². The van der Waals surface area contributed by atoms with Gasteiger partial charge in [-0.2, -0.15) is 0 Å². The number of piperazine rings is 1. The Morgan fingerprint density at radius 2 is 1.58 bits per heavy atom. The summed E-state index contributed by atoms with van der Waals surface area (Å²) in [5.41, 5.74) is 1.80. The number of fused-ring (bicyclic) bond motifs is 2. The van der Waals surface area contributed by atoms with E-state index >= 15 is 0 Å². The minimum absolute atomic E-state index is 0.121. The second-order valence-corrected chi connectivity index (χ2v) is 9.97. The van der Waals surface area contributed by atoms with Crippen LogP contribution in [0.2, 0.25) is 0 Å². The summed E-state index contributed by atoms with van der Waals surface area (Å²) in [6, 6.07) is 13.5. The van der Waals surface area contributed by atoms with Crippen LogP contribution in [0.3, 0.4) is 0 Å². The van der Waals surface area contributed by atoms with Crippen molar-refractivity contribution in [2.45, 2.75) is 38.9 Å². The number of benzene rings is 2. The highest BCUT2D eigenvalue weighted by Gasteiger charge is 2.44. The first-order chi connectivity index (χ1) is 15.7. The smallest absolute Gasteiger partial charge is 0.260 e. The molecule has 2 aromatic carbocycles. The third kappa shape index (κ3) is 3.74. The minimum Gasteiger partial charge on any atom is -0.449 e. The van der Waals surface area contributed by atoms with E-state index in [1.807, 2.05) is 64.1 Å². The Kier molecular flexibility index (Phi) is 5.12. The van der Waals surface area contributed by atoms with Crippen LogP contribution in [0.25, 0.3) is 0 Å². The predicted octanol–water partition coefficient (Wildman–Crippen LogP) is 3.28. The average molecular weight is 450 g/mol. The van der Waals surface area contributed by atoms with Gasteiger partial charge in [-0.3, -0.25) is 19.4 Å². The summed E-state index contributed by atoms with van der Waals surface area (Å²) in [6.07, 6.45) is 0. The number of imide groups is 1. The van der Waals surface area contributed by atoms with Gasteiger partial charge >= 0.3 is 0 Å². The molecule has 0 atom stereocenters. The lowest BCUT2D eigenvalue weighted by Crippen LogP contribution is -2.55. The Hall–Kier alpha value is -3.06. The van der Waals surface area contributed by atoms with Crippen LogP contribution in [-0.4, -0.2) is 66.7 Å². The number of para-hydroxylation sites is 1. The first-order valence-corrected chi connectivity index (χ1v) is 11.6. The summed E-state index contributed by atoms with van der Waals surface area (Å²) in [7, 11) is 0. The van der Waals surface area contributed by atoms with Crippen molar-refractivity contribution in [3.05, 3.63) is 53.6 Å². The molecule has 2 amide bonds. The van der Waals surface area contributed by atoms with Crippen LogP contribution < -0.4 is 14.4 Å². The molecule has 3 aliphatic heterocycles. The highest BCUT2D eigenvalue weighted by molar-refractivity contribution is 6.12. The fraction of sp³-hybridized carbons (Fsp3) is 0.462. The molecule has 0 aliphatic carbocycles. The molecule has 33 heavy (non-hydrogen) atoms. The zero-order valence-corrected chi connectivity index (χ0v) is 19.8. The minimum atomic E-state index is -0.702. The van der Waals surface area contributed by atoms with Gasteiger partial charge in [0.1, 0.15) is 0 Å². The monoisotopic (exact) mass is 449 g/mol. The highest BCUT2D eigenvalue weighted by atomic mass is 16.7. The number of nitrogens with zero attached hydrogens (tertiary/aromatic N) is 3. The van der Waals surface area contributed by atoms with Crippen molar-refractivity contribution >= 4 is 17.5 Å². The van der Waals surface area contributed by atoms with E-state index in [2.05, 4.69) is 15.9 Å². The Morgan fingerprint density at radius 1 is 0.848 bits per heavy atom. The molecule has 0 aromatic heterocycles. The second-order valence-electron chi connectivity index (χ2n) is 9.97. The second kappa shape index (κ2) is 7.76. The van der Waals surface area contributed by atoms with E-state index in [1.54, 1.807) is 0 Å². The molecule has 1 fully saturated rings. The molecular formula is C26H31N3O4. The maximum absolute atomic E-state index is 13.1. The first kappa shape index (κ1) is 21.8. The third-order valence-electron chi connectivity index (χ3n) is 6.87. The van der Waals surface area contributed by atoms with Crippen LogP contribution in [-0.2, 0) is 10.2 Å². The maximum atomic E-state index is 13.1. The molecule has 3 aliphatic rings. The van der Waals surface area contributed by atoms with Crippen molar-refractivity contribution in [1.82, 2.24) is 9.80 Å². The van der Waals surface area contributed by atoms with Crippen molar-refractivity contribution in [3.63, 3.8) is 0 Å². The van der Waals surface area contributed by atoms with Gasteiger partial charge in [0.25, 0.3) is 5.91 Å². The van der Waals surface area contributed by atoms with Gasteiger partial charge in [0.05, 0.1) is 11.1 Å². The van der Waals surface area contributed by atoms with Crippen LogP contribution in [0.15, 0.2) is 42.5 Å². The number of amides is 2. The molecule has 0 N–H and O–H groups in total. The van der Waals surface area contributed by atoms with Gasteiger partial charge in [0.15, 0.2) is 11.5 Å². The van der Waals surface area contributed by atoms with E-state index in [-0.39, 0.29) is 11.8 Å². The highest BCUT2D eigenvalue weighted by Crippen LogP contribution is 2.46. The van der Waals surface area contributed by atoms with Gasteiger partial charge in [0.2, 0.25) is 11.7 Å². The van der Waals surface area contributed by atoms with Gasteiger partial charge in [-0.25, -0.2) is 0 Å².